The maximum absolute atomic E-state index is 15.3. The van der Waals surface area contributed by atoms with Crippen molar-refractivity contribution in [1.29, 1.82) is 0 Å². The molecule has 1 aliphatic rings. The minimum atomic E-state index is -8.32. The first-order valence-electron chi connectivity index (χ1n) is 15.3. The first-order chi connectivity index (χ1) is 24.8. The van der Waals surface area contributed by atoms with E-state index in [1.807, 2.05) is 11.8 Å². The highest BCUT2D eigenvalue weighted by Gasteiger charge is 2.86. The first-order valence-corrected chi connectivity index (χ1v) is 16.7. The Labute approximate surface area is 297 Å². The third kappa shape index (κ3) is 7.55. The molecule has 0 fully saturated rings. The molecule has 0 saturated carbocycles. The standard InChI is InChI=1S/C31H28F13N5O4S/c1-4-16-13-19(14-17(5-2)24(16)47-45-18-7-9-20(10-8-18)49(6-3)11-12-50)46-48-25-23(33)22(32)21(15-51)27(34,35)26(25)54(52,53)31(43,44)29(38,39)28(36,37)30(40,41)42/h7-10,13-15,50-51H,4-6,11-12H2,1-3H3. The van der Waals surface area contributed by atoms with Gasteiger partial charge in [-0.2, -0.15) is 58.5 Å². The lowest BCUT2D eigenvalue weighted by atomic mass is 10.0. The molecule has 0 bridgehead atoms. The van der Waals surface area contributed by atoms with Crippen LogP contribution in [-0.2, 0) is 22.7 Å². The topological polar surface area (TPSA) is 127 Å². The number of sulfone groups is 1. The second-order valence-electron chi connectivity index (χ2n) is 11.1. The highest BCUT2D eigenvalue weighted by molar-refractivity contribution is 7.96. The number of aryl methyl sites for hydroxylation is 2. The maximum Gasteiger partial charge on any atom is 0.460 e. The third-order valence-corrected chi connectivity index (χ3v) is 9.76. The zero-order valence-corrected chi connectivity index (χ0v) is 28.7. The lowest BCUT2D eigenvalue weighted by molar-refractivity contribution is -0.382. The number of anilines is 1. The number of halogens is 13. The van der Waals surface area contributed by atoms with Gasteiger partial charge in [-0.3, -0.25) is 0 Å². The SMILES string of the molecule is CCc1cc(N=NC2=C(S(=O)(=O)C(F)(F)C(F)(F)C(F)(F)C(F)(F)F)C(F)(F)C(=CO)C(F)=C2F)cc(CC)c1N=Nc1ccc(N(CC)CCO)cc1. The first kappa shape index (κ1) is 43.9. The van der Waals surface area contributed by atoms with E-state index in [9.17, 15) is 57.4 Å². The third-order valence-electron chi connectivity index (χ3n) is 7.84. The summed E-state index contributed by atoms with van der Waals surface area (Å²) in [6.45, 7) is 5.83. The molecule has 54 heavy (non-hydrogen) atoms. The van der Waals surface area contributed by atoms with Crippen LogP contribution in [0.5, 0.6) is 0 Å². The van der Waals surface area contributed by atoms with Gasteiger partial charge in [-0.25, -0.2) is 17.2 Å². The van der Waals surface area contributed by atoms with Gasteiger partial charge in [0.25, 0.3) is 9.84 Å². The Bertz CT molecular complexity index is 1970. The van der Waals surface area contributed by atoms with E-state index in [-0.39, 0.29) is 36.3 Å². The fourth-order valence-corrected chi connectivity index (χ4v) is 6.47. The molecule has 0 saturated heterocycles. The van der Waals surface area contributed by atoms with E-state index in [0.29, 0.717) is 18.8 Å². The Morgan fingerprint density at radius 1 is 0.778 bits per heavy atom. The van der Waals surface area contributed by atoms with Gasteiger partial charge in [-0.1, -0.05) is 13.8 Å². The molecular weight excluding hydrogens is 785 g/mol. The predicted molar refractivity (Wildman–Crippen MR) is 167 cm³/mol. The van der Waals surface area contributed by atoms with Gasteiger partial charge in [0.1, 0.15) is 5.70 Å². The molecule has 9 nitrogen and oxygen atoms in total. The average Bonchev–Trinajstić information content (AvgIpc) is 3.09. The molecule has 0 amide bonds. The molecule has 298 valence electrons. The van der Waals surface area contributed by atoms with Crippen LogP contribution < -0.4 is 4.90 Å². The monoisotopic (exact) mass is 813 g/mol. The minimum Gasteiger partial charge on any atom is -0.515 e. The minimum absolute atomic E-state index is 0.0823. The Balaban J connectivity index is 2.23. The van der Waals surface area contributed by atoms with Crippen LogP contribution in [0.15, 0.2) is 90.9 Å². The van der Waals surface area contributed by atoms with Crippen molar-refractivity contribution < 1.29 is 75.7 Å². The summed E-state index contributed by atoms with van der Waals surface area (Å²) in [7, 11) is -8.32. The molecule has 0 unspecified atom stereocenters. The fourth-order valence-electron chi connectivity index (χ4n) is 4.91. The molecule has 0 aliphatic heterocycles. The number of benzene rings is 2. The van der Waals surface area contributed by atoms with Gasteiger partial charge in [0.15, 0.2) is 16.6 Å². The Kier molecular flexibility index (Phi) is 12.7. The smallest absolute Gasteiger partial charge is 0.460 e. The molecule has 0 spiro atoms. The summed E-state index contributed by atoms with van der Waals surface area (Å²) in [5, 5.41) is 24.7. The van der Waals surface area contributed by atoms with Gasteiger partial charge in [0, 0.05) is 18.8 Å². The molecule has 0 heterocycles. The molecular formula is C31H28F13N5O4S. The number of hydrogen-bond acceptors (Lipinski definition) is 9. The number of nitrogens with zero attached hydrogens (tertiary/aromatic N) is 5. The summed E-state index contributed by atoms with van der Waals surface area (Å²) < 4.78 is 209. The van der Waals surface area contributed by atoms with Crippen LogP contribution in [0.3, 0.4) is 0 Å². The van der Waals surface area contributed by atoms with Crippen molar-refractivity contribution in [3.8, 4) is 0 Å². The highest BCUT2D eigenvalue weighted by Crippen LogP contribution is 2.59. The number of aliphatic hydroxyl groups is 2. The number of hydrogen-bond donors (Lipinski definition) is 2. The number of allylic oxidation sites excluding steroid dienone is 4. The van der Waals surface area contributed by atoms with E-state index in [2.05, 4.69) is 20.5 Å². The van der Waals surface area contributed by atoms with Crippen LogP contribution in [0.25, 0.3) is 0 Å². The van der Waals surface area contributed by atoms with Crippen LogP contribution in [0.2, 0.25) is 0 Å². The lowest BCUT2D eigenvalue weighted by Crippen LogP contribution is -2.64. The second kappa shape index (κ2) is 15.7. The lowest BCUT2D eigenvalue weighted by Gasteiger charge is -2.35. The van der Waals surface area contributed by atoms with E-state index < -0.39 is 78.8 Å². The molecule has 2 aromatic rings. The largest absolute Gasteiger partial charge is 0.515 e. The van der Waals surface area contributed by atoms with Crippen LogP contribution in [0.1, 0.15) is 31.9 Å². The van der Waals surface area contributed by atoms with E-state index in [4.69, 9.17) is 5.11 Å². The van der Waals surface area contributed by atoms with Crippen LogP contribution in [0.4, 0.5) is 79.8 Å². The quantitative estimate of drug-likeness (QED) is 0.112. The maximum atomic E-state index is 15.3. The molecule has 0 aromatic heterocycles. The van der Waals surface area contributed by atoms with Gasteiger partial charge in [0.2, 0.25) is 0 Å². The van der Waals surface area contributed by atoms with Crippen molar-refractivity contribution in [1.82, 2.24) is 0 Å². The van der Waals surface area contributed by atoms with Gasteiger partial charge in [0.05, 0.1) is 35.5 Å². The molecule has 3 rings (SSSR count). The van der Waals surface area contributed by atoms with Crippen molar-refractivity contribution in [2.75, 3.05) is 24.6 Å². The number of alkyl halides is 11. The molecule has 2 N–H and O–H groups in total. The normalized spacial score (nSPS) is 17.1. The van der Waals surface area contributed by atoms with Crippen molar-refractivity contribution >= 4 is 32.6 Å². The van der Waals surface area contributed by atoms with E-state index in [1.54, 1.807) is 38.1 Å². The van der Waals surface area contributed by atoms with Crippen molar-refractivity contribution in [2.45, 2.75) is 62.8 Å². The Morgan fingerprint density at radius 2 is 1.30 bits per heavy atom. The number of rotatable bonds is 14. The molecule has 23 heteroatoms. The van der Waals surface area contributed by atoms with Gasteiger partial charge in [-0.05, 0) is 67.3 Å². The number of likely N-dealkylation sites (N-methyl/N-ethyl adjacent to an activating group) is 1. The fraction of sp³-hybridized carbons (Fsp3) is 0.419. The average molecular weight is 814 g/mol. The summed E-state index contributed by atoms with van der Waals surface area (Å²) in [5.41, 5.74) is -4.43. The Morgan fingerprint density at radius 3 is 1.74 bits per heavy atom. The van der Waals surface area contributed by atoms with Crippen LogP contribution in [0, 0.1) is 0 Å². The van der Waals surface area contributed by atoms with E-state index >= 15 is 13.2 Å². The summed E-state index contributed by atoms with van der Waals surface area (Å²) >= 11 is 0. The number of azo groups is 2. The molecule has 0 atom stereocenters. The van der Waals surface area contributed by atoms with Crippen LogP contribution >= 0.6 is 0 Å². The molecule has 1 aliphatic carbocycles. The zero-order valence-electron chi connectivity index (χ0n) is 27.8. The van der Waals surface area contributed by atoms with E-state index in [1.165, 1.54) is 0 Å². The van der Waals surface area contributed by atoms with Gasteiger partial charge < -0.3 is 15.1 Å². The van der Waals surface area contributed by atoms with Gasteiger partial charge >= 0.3 is 29.2 Å². The van der Waals surface area contributed by atoms with E-state index in [0.717, 1.165) is 17.8 Å². The summed E-state index contributed by atoms with van der Waals surface area (Å²) in [6.07, 6.45) is -8.51. The summed E-state index contributed by atoms with van der Waals surface area (Å²) in [4.78, 5) is -1.85. The highest BCUT2D eigenvalue weighted by atomic mass is 32.2. The van der Waals surface area contributed by atoms with Crippen molar-refractivity contribution in [3.63, 3.8) is 0 Å². The van der Waals surface area contributed by atoms with Crippen molar-refractivity contribution in [2.24, 2.45) is 20.5 Å². The number of aliphatic hydroxyl groups excluding tert-OH is 2. The predicted octanol–water partition coefficient (Wildman–Crippen LogP) is 10.4. The molecule has 2 aromatic carbocycles. The summed E-state index contributed by atoms with van der Waals surface area (Å²) in [5.74, 6) is -27.9. The van der Waals surface area contributed by atoms with Gasteiger partial charge in [-0.15, -0.1) is 10.2 Å². The van der Waals surface area contributed by atoms with Crippen molar-refractivity contribution in [3.05, 3.63) is 81.6 Å². The second-order valence-corrected chi connectivity index (χ2v) is 13.1. The summed E-state index contributed by atoms with van der Waals surface area (Å²) in [6, 6.07) is 8.69. The zero-order chi connectivity index (χ0) is 41.2. The van der Waals surface area contributed by atoms with Crippen LogP contribution in [-0.4, -0.2) is 67.5 Å². The Hall–Kier alpha value is -4.54. The molecule has 0 radical (unpaired) electrons.